The number of ether oxygens (including phenoxy) is 2. The van der Waals surface area contributed by atoms with Gasteiger partial charge in [0.2, 0.25) is 0 Å². The van der Waals surface area contributed by atoms with E-state index in [4.69, 9.17) is 15.2 Å². The van der Waals surface area contributed by atoms with E-state index in [0.29, 0.717) is 23.1 Å². The predicted molar refractivity (Wildman–Crippen MR) is 95.5 cm³/mol. The molecule has 1 aromatic carbocycles. The number of methoxy groups -OCH3 is 1. The highest BCUT2D eigenvalue weighted by Crippen LogP contribution is 2.26. The fourth-order valence-corrected chi connectivity index (χ4v) is 2.16. The average molecular weight is 339 g/mol. The molecule has 0 radical (unpaired) electrons. The number of amidine groups is 1. The van der Waals surface area contributed by atoms with Gasteiger partial charge in [0.15, 0.2) is 5.17 Å². The number of nitrogens with one attached hydrogen (secondary N) is 1. The molecule has 0 fully saturated rings. The van der Waals surface area contributed by atoms with Crippen LogP contribution in [-0.2, 0) is 11.3 Å². The Bertz CT molecular complexity index is 568. The van der Waals surface area contributed by atoms with Crippen molar-refractivity contribution in [2.45, 2.75) is 39.8 Å². The number of hydrogen-bond donors (Lipinski definition) is 2. The van der Waals surface area contributed by atoms with Crippen LogP contribution in [0, 0.1) is 0 Å². The van der Waals surface area contributed by atoms with Gasteiger partial charge in [0.1, 0.15) is 11.4 Å². The minimum Gasteiger partial charge on any atom is -0.497 e. The normalized spacial score (nSPS) is 12.0. The lowest BCUT2D eigenvalue weighted by molar-refractivity contribution is 0.0523. The molecule has 1 rings (SSSR count). The van der Waals surface area contributed by atoms with E-state index in [0.717, 1.165) is 11.3 Å². The number of carbonyl (C=O) groups excluding carboxylic acids is 1. The molecule has 0 aliphatic rings. The number of nitrogens with zero attached hydrogens (tertiary/aromatic N) is 1. The van der Waals surface area contributed by atoms with Crippen LogP contribution in [0.5, 0.6) is 5.75 Å². The Kier molecular flexibility index (Phi) is 7.22. The van der Waals surface area contributed by atoms with Gasteiger partial charge in [-0.25, -0.2) is 9.79 Å². The van der Waals surface area contributed by atoms with Crippen LogP contribution in [0.2, 0.25) is 0 Å². The molecular formula is C16H25N3O3S. The first-order valence-electron chi connectivity index (χ1n) is 7.36. The molecule has 0 heterocycles. The molecule has 1 amide bonds. The lowest BCUT2D eigenvalue weighted by atomic mass is 10.1. The summed E-state index contributed by atoms with van der Waals surface area (Å²) in [6, 6.07) is 5.45. The summed E-state index contributed by atoms with van der Waals surface area (Å²) in [6.07, 6.45) is -0.473. The Balaban J connectivity index is 2.89. The number of benzene rings is 1. The first-order chi connectivity index (χ1) is 10.7. The van der Waals surface area contributed by atoms with Crippen LogP contribution in [0.1, 0.15) is 33.3 Å². The summed E-state index contributed by atoms with van der Waals surface area (Å²) in [5.41, 5.74) is 6.84. The van der Waals surface area contributed by atoms with E-state index in [-0.39, 0.29) is 0 Å². The van der Waals surface area contributed by atoms with E-state index in [9.17, 15) is 4.79 Å². The number of nitrogens with two attached hydrogens (primary N) is 1. The van der Waals surface area contributed by atoms with Crippen LogP contribution in [-0.4, -0.2) is 29.7 Å². The predicted octanol–water partition coefficient (Wildman–Crippen LogP) is 3.42. The highest BCUT2D eigenvalue weighted by atomic mass is 32.2. The Morgan fingerprint density at radius 3 is 2.65 bits per heavy atom. The number of rotatable bonds is 5. The minimum absolute atomic E-state index is 0.293. The molecule has 1 aromatic rings. The second-order valence-corrected chi connectivity index (χ2v) is 7.02. The molecule has 0 saturated heterocycles. The standard InChI is InChI=1S/C16H25N3O3S/c1-6-23-14(17)19-13-9-12(21-5)8-7-11(13)10-18-15(20)22-16(2,3)4/h7-9H,6,10H2,1-5H3,(H2,17,19)(H,18,20). The van der Waals surface area contributed by atoms with Crippen LogP contribution in [0.25, 0.3) is 0 Å². The summed E-state index contributed by atoms with van der Waals surface area (Å²) in [5.74, 6) is 1.52. The quantitative estimate of drug-likeness (QED) is 0.634. The summed E-state index contributed by atoms with van der Waals surface area (Å²) < 4.78 is 10.4. The zero-order valence-corrected chi connectivity index (χ0v) is 15.1. The molecule has 0 aromatic heterocycles. The highest BCUT2D eigenvalue weighted by molar-refractivity contribution is 8.13. The van der Waals surface area contributed by atoms with E-state index in [1.54, 1.807) is 13.2 Å². The molecule has 0 aliphatic heterocycles. The van der Waals surface area contributed by atoms with E-state index in [2.05, 4.69) is 10.3 Å². The largest absolute Gasteiger partial charge is 0.497 e. The van der Waals surface area contributed by atoms with Gasteiger partial charge in [-0.05, 0) is 38.2 Å². The number of amides is 1. The van der Waals surface area contributed by atoms with Crippen molar-refractivity contribution >= 4 is 28.7 Å². The van der Waals surface area contributed by atoms with Crippen molar-refractivity contribution in [3.63, 3.8) is 0 Å². The van der Waals surface area contributed by atoms with Crippen molar-refractivity contribution in [2.75, 3.05) is 12.9 Å². The van der Waals surface area contributed by atoms with Crippen LogP contribution < -0.4 is 15.8 Å². The van der Waals surface area contributed by atoms with Gasteiger partial charge in [-0.1, -0.05) is 24.8 Å². The molecule has 0 bridgehead atoms. The summed E-state index contributed by atoms with van der Waals surface area (Å²) >= 11 is 1.46. The third-order valence-electron chi connectivity index (χ3n) is 2.64. The zero-order chi connectivity index (χ0) is 17.5. The van der Waals surface area contributed by atoms with Gasteiger partial charge >= 0.3 is 6.09 Å². The molecule has 0 atom stereocenters. The monoisotopic (exact) mass is 339 g/mol. The van der Waals surface area contributed by atoms with Crippen molar-refractivity contribution in [1.29, 1.82) is 0 Å². The Hall–Kier alpha value is -1.89. The van der Waals surface area contributed by atoms with Gasteiger partial charge in [-0.3, -0.25) is 0 Å². The zero-order valence-electron chi connectivity index (χ0n) is 14.3. The summed E-state index contributed by atoms with van der Waals surface area (Å²) in [5, 5.41) is 3.19. The first-order valence-corrected chi connectivity index (χ1v) is 8.34. The van der Waals surface area contributed by atoms with Gasteiger partial charge in [-0.2, -0.15) is 0 Å². The van der Waals surface area contributed by atoms with Gasteiger partial charge in [-0.15, -0.1) is 0 Å². The average Bonchev–Trinajstić information content (AvgIpc) is 2.44. The smallest absolute Gasteiger partial charge is 0.407 e. The Morgan fingerprint density at radius 1 is 1.39 bits per heavy atom. The molecule has 0 unspecified atom stereocenters. The minimum atomic E-state index is -0.535. The van der Waals surface area contributed by atoms with Crippen molar-refractivity contribution in [3.05, 3.63) is 23.8 Å². The number of carbonyl (C=O) groups is 1. The first kappa shape index (κ1) is 19.2. The van der Waals surface area contributed by atoms with Gasteiger partial charge in [0.25, 0.3) is 0 Å². The molecular weight excluding hydrogens is 314 g/mol. The van der Waals surface area contributed by atoms with E-state index < -0.39 is 11.7 Å². The maximum Gasteiger partial charge on any atom is 0.407 e. The topological polar surface area (TPSA) is 85.9 Å². The lowest BCUT2D eigenvalue weighted by Gasteiger charge is -2.20. The molecule has 6 nitrogen and oxygen atoms in total. The van der Waals surface area contributed by atoms with E-state index in [1.807, 2.05) is 39.8 Å². The second kappa shape index (κ2) is 8.67. The Labute approximate surface area is 141 Å². The molecule has 3 N–H and O–H groups in total. The third kappa shape index (κ3) is 7.27. The third-order valence-corrected chi connectivity index (χ3v) is 3.31. The van der Waals surface area contributed by atoms with Crippen molar-refractivity contribution in [1.82, 2.24) is 5.32 Å². The fraction of sp³-hybridized carbons (Fsp3) is 0.500. The lowest BCUT2D eigenvalue weighted by Crippen LogP contribution is -2.32. The number of aliphatic imine (C=N–C) groups is 1. The Morgan fingerprint density at radius 2 is 2.09 bits per heavy atom. The van der Waals surface area contributed by atoms with Crippen molar-refractivity contribution < 1.29 is 14.3 Å². The number of hydrogen-bond acceptors (Lipinski definition) is 5. The van der Waals surface area contributed by atoms with Gasteiger partial charge in [0.05, 0.1) is 12.8 Å². The molecule has 23 heavy (non-hydrogen) atoms. The number of thioether (sulfide) groups is 1. The van der Waals surface area contributed by atoms with Crippen molar-refractivity contribution in [3.8, 4) is 5.75 Å². The van der Waals surface area contributed by atoms with E-state index >= 15 is 0 Å². The summed E-state index contributed by atoms with van der Waals surface area (Å²) in [7, 11) is 1.59. The maximum absolute atomic E-state index is 11.8. The maximum atomic E-state index is 11.8. The van der Waals surface area contributed by atoms with Crippen LogP contribution >= 0.6 is 11.8 Å². The molecule has 0 aliphatic carbocycles. The molecule has 0 saturated carbocycles. The van der Waals surface area contributed by atoms with E-state index in [1.165, 1.54) is 11.8 Å². The highest BCUT2D eigenvalue weighted by Gasteiger charge is 2.16. The van der Waals surface area contributed by atoms with Crippen molar-refractivity contribution in [2.24, 2.45) is 10.7 Å². The fourth-order valence-electron chi connectivity index (χ4n) is 1.70. The molecule has 7 heteroatoms. The summed E-state index contributed by atoms with van der Waals surface area (Å²) in [4.78, 5) is 16.2. The second-order valence-electron chi connectivity index (χ2n) is 5.73. The SMILES string of the molecule is CCSC(N)=Nc1cc(OC)ccc1CNC(=O)OC(C)(C)C. The van der Waals surface area contributed by atoms with Gasteiger partial charge < -0.3 is 20.5 Å². The number of alkyl carbamates (subject to hydrolysis) is 1. The van der Waals surface area contributed by atoms with Crippen LogP contribution in [0.15, 0.2) is 23.2 Å². The van der Waals surface area contributed by atoms with Crippen LogP contribution in [0.3, 0.4) is 0 Å². The van der Waals surface area contributed by atoms with Crippen LogP contribution in [0.4, 0.5) is 10.5 Å². The van der Waals surface area contributed by atoms with Gasteiger partial charge in [0, 0.05) is 12.6 Å². The summed E-state index contributed by atoms with van der Waals surface area (Å²) in [6.45, 7) is 7.75. The molecule has 0 spiro atoms. The molecule has 128 valence electrons.